The SMILES string of the molecule is COCC(=O)Cc1ccc(S(C)(=O)=O)cc1. The summed E-state index contributed by atoms with van der Waals surface area (Å²) in [5.74, 6) is -0.0328. The van der Waals surface area contributed by atoms with Gasteiger partial charge in [-0.1, -0.05) is 12.1 Å². The highest BCUT2D eigenvalue weighted by atomic mass is 32.2. The molecule has 0 radical (unpaired) electrons. The first-order valence-corrected chi connectivity index (χ1v) is 6.62. The van der Waals surface area contributed by atoms with E-state index >= 15 is 0 Å². The largest absolute Gasteiger partial charge is 0.377 e. The number of sulfone groups is 1. The number of carbonyl (C=O) groups excluding carboxylic acids is 1. The predicted octanol–water partition coefficient (Wildman–Crippen LogP) is 0.848. The number of Topliss-reactive ketones (excluding diaryl/α,β-unsaturated/α-hetero) is 1. The molecule has 4 nitrogen and oxygen atoms in total. The highest BCUT2D eigenvalue weighted by Crippen LogP contribution is 2.10. The fourth-order valence-electron chi connectivity index (χ4n) is 1.29. The third kappa shape index (κ3) is 3.75. The topological polar surface area (TPSA) is 60.4 Å². The van der Waals surface area contributed by atoms with Gasteiger partial charge in [-0.2, -0.15) is 0 Å². The van der Waals surface area contributed by atoms with Gasteiger partial charge in [-0.25, -0.2) is 8.42 Å². The van der Waals surface area contributed by atoms with E-state index in [2.05, 4.69) is 0 Å². The molecule has 0 atom stereocenters. The fraction of sp³-hybridized carbons (Fsp3) is 0.364. The van der Waals surface area contributed by atoms with E-state index in [-0.39, 0.29) is 23.7 Å². The third-order valence-corrected chi connectivity index (χ3v) is 3.19. The molecule has 5 heteroatoms. The van der Waals surface area contributed by atoms with Crippen molar-refractivity contribution in [1.82, 2.24) is 0 Å². The van der Waals surface area contributed by atoms with Crippen molar-refractivity contribution in [3.05, 3.63) is 29.8 Å². The van der Waals surface area contributed by atoms with Crippen LogP contribution in [0.15, 0.2) is 29.2 Å². The van der Waals surface area contributed by atoms with Crippen molar-refractivity contribution in [2.75, 3.05) is 20.0 Å². The van der Waals surface area contributed by atoms with Gasteiger partial charge in [0.25, 0.3) is 0 Å². The number of benzene rings is 1. The Morgan fingerprint density at radius 1 is 1.25 bits per heavy atom. The molecule has 0 bridgehead atoms. The zero-order valence-corrected chi connectivity index (χ0v) is 10.1. The van der Waals surface area contributed by atoms with Crippen LogP contribution in [-0.4, -0.2) is 34.2 Å². The van der Waals surface area contributed by atoms with Gasteiger partial charge in [0.15, 0.2) is 15.6 Å². The van der Waals surface area contributed by atoms with Crippen molar-refractivity contribution >= 4 is 15.6 Å². The van der Waals surface area contributed by atoms with Crippen LogP contribution in [0.25, 0.3) is 0 Å². The van der Waals surface area contributed by atoms with Gasteiger partial charge in [0.05, 0.1) is 4.90 Å². The predicted molar refractivity (Wildman–Crippen MR) is 60.1 cm³/mol. The number of rotatable bonds is 5. The lowest BCUT2D eigenvalue weighted by molar-refractivity contribution is -0.121. The Morgan fingerprint density at radius 3 is 2.25 bits per heavy atom. The maximum atomic E-state index is 11.3. The first-order chi connectivity index (χ1) is 7.43. The molecule has 0 aliphatic carbocycles. The number of methoxy groups -OCH3 is 1. The average molecular weight is 242 g/mol. The second kappa shape index (κ2) is 5.23. The van der Waals surface area contributed by atoms with E-state index in [1.54, 1.807) is 12.1 Å². The van der Waals surface area contributed by atoms with E-state index < -0.39 is 9.84 Å². The van der Waals surface area contributed by atoms with Gasteiger partial charge >= 0.3 is 0 Å². The Kier molecular flexibility index (Phi) is 4.20. The average Bonchev–Trinajstić information content (AvgIpc) is 2.17. The zero-order chi connectivity index (χ0) is 12.2. The van der Waals surface area contributed by atoms with Crippen LogP contribution in [0.1, 0.15) is 5.56 Å². The summed E-state index contributed by atoms with van der Waals surface area (Å²) in [5, 5.41) is 0. The van der Waals surface area contributed by atoms with Crippen molar-refractivity contribution in [1.29, 1.82) is 0 Å². The van der Waals surface area contributed by atoms with Crippen molar-refractivity contribution < 1.29 is 17.9 Å². The van der Waals surface area contributed by atoms with Gasteiger partial charge in [-0.15, -0.1) is 0 Å². The minimum absolute atomic E-state index is 0.0328. The van der Waals surface area contributed by atoms with Crippen LogP contribution < -0.4 is 0 Å². The number of ether oxygens (including phenoxy) is 1. The molecule has 0 aliphatic heterocycles. The van der Waals surface area contributed by atoms with Crippen LogP contribution in [0, 0.1) is 0 Å². The van der Waals surface area contributed by atoms with E-state index in [4.69, 9.17) is 4.74 Å². The summed E-state index contributed by atoms with van der Waals surface area (Å²) in [6, 6.07) is 6.30. The molecule has 88 valence electrons. The van der Waals surface area contributed by atoms with E-state index in [1.807, 2.05) is 0 Å². The van der Waals surface area contributed by atoms with Crippen LogP contribution in [-0.2, 0) is 25.8 Å². The van der Waals surface area contributed by atoms with Crippen LogP contribution in [0.3, 0.4) is 0 Å². The van der Waals surface area contributed by atoms with Gasteiger partial charge in [-0.05, 0) is 17.7 Å². The summed E-state index contributed by atoms with van der Waals surface area (Å²) >= 11 is 0. The second-order valence-corrected chi connectivity index (χ2v) is 5.58. The molecule has 16 heavy (non-hydrogen) atoms. The fourth-order valence-corrected chi connectivity index (χ4v) is 1.92. The first kappa shape index (κ1) is 12.9. The molecule has 0 aliphatic rings. The normalized spacial score (nSPS) is 11.4. The standard InChI is InChI=1S/C11H14O4S/c1-15-8-10(12)7-9-3-5-11(6-4-9)16(2,13)14/h3-6H,7-8H2,1-2H3. The Bertz CT molecular complexity index is 459. The quantitative estimate of drug-likeness (QED) is 0.768. The highest BCUT2D eigenvalue weighted by molar-refractivity contribution is 7.90. The highest BCUT2D eigenvalue weighted by Gasteiger charge is 2.07. The molecule has 1 aromatic carbocycles. The Morgan fingerprint density at radius 2 is 1.81 bits per heavy atom. The van der Waals surface area contributed by atoms with Gasteiger partial charge in [0, 0.05) is 19.8 Å². The van der Waals surface area contributed by atoms with Gasteiger partial charge < -0.3 is 4.74 Å². The van der Waals surface area contributed by atoms with Crippen molar-refractivity contribution in [2.45, 2.75) is 11.3 Å². The van der Waals surface area contributed by atoms with Crippen LogP contribution in [0.2, 0.25) is 0 Å². The molecular formula is C11H14O4S. The second-order valence-electron chi connectivity index (χ2n) is 3.56. The van der Waals surface area contributed by atoms with Crippen molar-refractivity contribution in [3.63, 3.8) is 0 Å². The van der Waals surface area contributed by atoms with Gasteiger partial charge in [0.1, 0.15) is 6.61 Å². The number of ketones is 1. The van der Waals surface area contributed by atoms with E-state index in [0.29, 0.717) is 0 Å². The summed E-state index contributed by atoms with van der Waals surface area (Å²) in [7, 11) is -1.70. The molecule has 0 heterocycles. The number of hydrogen-bond acceptors (Lipinski definition) is 4. The maximum Gasteiger partial charge on any atom is 0.175 e. The minimum Gasteiger partial charge on any atom is -0.377 e. The van der Waals surface area contributed by atoms with E-state index in [9.17, 15) is 13.2 Å². The maximum absolute atomic E-state index is 11.3. The first-order valence-electron chi connectivity index (χ1n) is 4.73. The van der Waals surface area contributed by atoms with Crippen LogP contribution >= 0.6 is 0 Å². The molecule has 1 rings (SSSR count). The van der Waals surface area contributed by atoms with Crippen molar-refractivity contribution in [3.8, 4) is 0 Å². The van der Waals surface area contributed by atoms with E-state index in [1.165, 1.54) is 19.2 Å². The molecule has 0 fully saturated rings. The third-order valence-electron chi connectivity index (χ3n) is 2.06. The lowest BCUT2D eigenvalue weighted by Gasteiger charge is -2.02. The summed E-state index contributed by atoms with van der Waals surface area (Å²) in [6.45, 7) is 0.0772. The zero-order valence-electron chi connectivity index (χ0n) is 9.26. The summed E-state index contributed by atoms with van der Waals surface area (Å²) < 4.78 is 27.1. The molecule has 0 aromatic heterocycles. The van der Waals surface area contributed by atoms with Gasteiger partial charge in [-0.3, -0.25) is 4.79 Å². The van der Waals surface area contributed by atoms with Crippen LogP contribution in [0.4, 0.5) is 0 Å². The monoisotopic (exact) mass is 242 g/mol. The molecule has 0 saturated carbocycles. The molecule has 0 unspecified atom stereocenters. The molecule has 0 saturated heterocycles. The molecule has 1 aromatic rings. The van der Waals surface area contributed by atoms with Gasteiger partial charge in [0.2, 0.25) is 0 Å². The summed E-state index contributed by atoms with van der Waals surface area (Å²) in [4.78, 5) is 11.5. The summed E-state index contributed by atoms with van der Waals surface area (Å²) in [6.07, 6.45) is 1.41. The number of carbonyl (C=O) groups is 1. The summed E-state index contributed by atoms with van der Waals surface area (Å²) in [5.41, 5.74) is 0.787. The lowest BCUT2D eigenvalue weighted by Crippen LogP contribution is -2.09. The molecule has 0 spiro atoms. The smallest absolute Gasteiger partial charge is 0.175 e. The Labute approximate surface area is 95.2 Å². The van der Waals surface area contributed by atoms with E-state index in [0.717, 1.165) is 11.8 Å². The number of hydrogen-bond donors (Lipinski definition) is 0. The molecule has 0 amide bonds. The molecular weight excluding hydrogens is 228 g/mol. The minimum atomic E-state index is -3.17. The van der Waals surface area contributed by atoms with Crippen LogP contribution in [0.5, 0.6) is 0 Å². The lowest BCUT2D eigenvalue weighted by atomic mass is 10.1. The Hall–Kier alpha value is -1.20. The van der Waals surface area contributed by atoms with Crippen molar-refractivity contribution in [2.24, 2.45) is 0 Å². The Balaban J connectivity index is 2.76. The molecule has 0 N–H and O–H groups in total.